The van der Waals surface area contributed by atoms with Crippen molar-refractivity contribution in [3.8, 4) is 5.75 Å². The molecule has 5 fully saturated rings. The Hall–Kier alpha value is -1.21. The zero-order valence-corrected chi connectivity index (χ0v) is 37.0. The normalized spacial score (nSPS) is 40.1. The quantitative estimate of drug-likeness (QED) is 0.232. The van der Waals surface area contributed by atoms with Gasteiger partial charge in [0.25, 0.3) is 0 Å². The molecule has 0 spiro atoms. The number of methoxy groups -OCH3 is 1. The van der Waals surface area contributed by atoms with E-state index >= 15 is 0 Å². The Morgan fingerprint density at radius 2 is 1.22 bits per heavy atom. The summed E-state index contributed by atoms with van der Waals surface area (Å²) in [5.41, 5.74) is 0.961. The van der Waals surface area contributed by atoms with Crippen molar-refractivity contribution in [2.75, 3.05) is 20.3 Å². The highest BCUT2D eigenvalue weighted by Gasteiger charge is 2.56. The molecule has 55 heavy (non-hydrogen) atoms. The van der Waals surface area contributed by atoms with Crippen molar-refractivity contribution in [2.24, 2.45) is 0 Å². The van der Waals surface area contributed by atoms with Crippen LogP contribution in [0, 0.1) is 0 Å². The van der Waals surface area contributed by atoms with Gasteiger partial charge in [-0.3, -0.25) is 0 Å². The number of benzene rings is 1. The fourth-order valence-electron chi connectivity index (χ4n) is 8.36. The van der Waals surface area contributed by atoms with Crippen LogP contribution >= 0.6 is 0 Å². The number of fused-ring (bicyclic) bond motifs is 5. The molecule has 0 radical (unpaired) electrons. The molecule has 1 aromatic rings. The van der Waals surface area contributed by atoms with Gasteiger partial charge in [-0.15, -0.1) is 0 Å². The third kappa shape index (κ3) is 8.89. The van der Waals surface area contributed by atoms with E-state index in [1.54, 1.807) is 7.11 Å². The average molecular weight is 805 g/mol. The Kier molecular flexibility index (Phi) is 12.3. The number of rotatable bonds is 6. The highest BCUT2D eigenvalue weighted by molar-refractivity contribution is 6.74. The second-order valence-corrected chi connectivity index (χ2v) is 29.2. The minimum absolute atomic E-state index is 0.0197. The zero-order chi connectivity index (χ0) is 39.5. The van der Waals surface area contributed by atoms with Crippen LogP contribution in [0.2, 0.25) is 36.3 Å². The Balaban J connectivity index is 1.04. The zero-order valence-electron chi connectivity index (χ0n) is 35.0. The van der Waals surface area contributed by atoms with Crippen LogP contribution in [0.3, 0.4) is 0 Å². The fraction of sp³-hybridized carbons (Fsp3) is 0.810. The van der Waals surface area contributed by atoms with Crippen molar-refractivity contribution >= 4 is 16.6 Å². The second kappa shape index (κ2) is 16.1. The van der Waals surface area contributed by atoms with Gasteiger partial charge in [-0.25, -0.2) is 0 Å². The number of hydrogen-bond donors (Lipinski definition) is 1. The highest BCUT2D eigenvalue weighted by atomic mass is 28.4. The molecule has 6 aliphatic heterocycles. The highest BCUT2D eigenvalue weighted by Crippen LogP contribution is 2.45. The minimum Gasteiger partial charge on any atom is -0.497 e. The summed E-state index contributed by atoms with van der Waals surface area (Å²) in [6, 6.07) is 7.81. The maximum atomic E-state index is 12.0. The predicted molar refractivity (Wildman–Crippen MR) is 213 cm³/mol. The van der Waals surface area contributed by atoms with E-state index in [1.807, 2.05) is 24.3 Å². The molecule has 310 valence electrons. The smallest absolute Gasteiger partial charge is 0.192 e. The number of ether oxygens (including phenoxy) is 8. The first-order valence-electron chi connectivity index (χ1n) is 20.7. The first-order valence-corrected chi connectivity index (χ1v) is 26.5. The molecule has 7 rings (SSSR count). The lowest BCUT2D eigenvalue weighted by molar-refractivity contribution is -0.295. The van der Waals surface area contributed by atoms with Crippen molar-refractivity contribution in [3.05, 3.63) is 42.0 Å². The molecule has 0 bridgehead atoms. The largest absolute Gasteiger partial charge is 0.497 e. The molecule has 0 amide bonds. The third-order valence-corrected chi connectivity index (χ3v) is 22.8. The van der Waals surface area contributed by atoms with E-state index in [1.165, 1.54) is 0 Å². The molecular weight excluding hydrogens is 737 g/mol. The second-order valence-electron chi connectivity index (χ2n) is 19.7. The van der Waals surface area contributed by atoms with Gasteiger partial charge in [-0.2, -0.15) is 0 Å². The third-order valence-electron chi connectivity index (χ3n) is 13.8. The molecule has 11 nitrogen and oxygen atoms in total. The van der Waals surface area contributed by atoms with E-state index in [0.717, 1.165) is 30.6 Å². The summed E-state index contributed by atoms with van der Waals surface area (Å²) < 4.78 is 66.1. The van der Waals surface area contributed by atoms with Gasteiger partial charge < -0.3 is 51.9 Å². The summed E-state index contributed by atoms with van der Waals surface area (Å²) in [4.78, 5) is 0. The molecule has 0 unspecified atom stereocenters. The van der Waals surface area contributed by atoms with Crippen LogP contribution in [0.15, 0.2) is 36.4 Å². The maximum absolute atomic E-state index is 12.0. The molecular formula is C42H68O11Si2. The van der Waals surface area contributed by atoms with Crippen LogP contribution in [0.4, 0.5) is 0 Å². The van der Waals surface area contributed by atoms with E-state index in [2.05, 4.69) is 79.9 Å². The summed E-state index contributed by atoms with van der Waals surface area (Å²) in [6.07, 6.45) is 2.96. The van der Waals surface area contributed by atoms with Crippen molar-refractivity contribution in [1.29, 1.82) is 0 Å². The van der Waals surface area contributed by atoms with Gasteiger partial charge in [0.05, 0.1) is 63.1 Å². The lowest BCUT2D eigenvalue weighted by atomic mass is 9.86. The molecule has 1 N–H and O–H groups in total. The summed E-state index contributed by atoms with van der Waals surface area (Å²) >= 11 is 0. The van der Waals surface area contributed by atoms with Crippen LogP contribution in [0.1, 0.15) is 85.5 Å². The molecule has 13 heteroatoms. The lowest BCUT2D eigenvalue weighted by Gasteiger charge is -2.50. The minimum atomic E-state index is -2.19. The van der Waals surface area contributed by atoms with E-state index in [0.29, 0.717) is 26.1 Å². The van der Waals surface area contributed by atoms with Crippen LogP contribution in [0.5, 0.6) is 5.75 Å². The van der Waals surface area contributed by atoms with E-state index in [9.17, 15) is 5.11 Å². The van der Waals surface area contributed by atoms with Crippen molar-refractivity contribution in [2.45, 2.75) is 196 Å². The van der Waals surface area contributed by atoms with Crippen molar-refractivity contribution in [1.82, 2.24) is 0 Å². The average Bonchev–Trinajstić information content (AvgIpc) is 3.37. The summed E-state index contributed by atoms with van der Waals surface area (Å²) in [5, 5.41) is 12.0. The monoisotopic (exact) mass is 804 g/mol. The molecule has 0 aliphatic carbocycles. The number of aliphatic hydroxyl groups is 1. The van der Waals surface area contributed by atoms with E-state index < -0.39 is 41.2 Å². The van der Waals surface area contributed by atoms with Crippen molar-refractivity contribution < 1.29 is 51.9 Å². The number of aliphatic hydroxyl groups excluding tert-OH is 1. The first-order chi connectivity index (χ1) is 25.8. The van der Waals surface area contributed by atoms with E-state index in [-0.39, 0.29) is 71.1 Å². The standard InChI is InChI=1S/C42H68O11Si2/c1-41(2,3)54(8,9)52-32-22-33-38(45-24-36(32)53-55(10,11)42(4,5)6)37(43)39-34(49-33)21-31-30(50-39)20-19-29-27(47-31)13-12-14-28-35(48-29)23-46-40(51-28)25-15-17-26(44-7)18-16-25/h15-20,27-40,43H,12-14,21-24H2,1-11H3/t27-,28+,29+,30-,31+,32+,33+,34-,35-,36-,37-,38+,39-,40-/m1/s1. The molecule has 1 aromatic carbocycles. The molecule has 0 aromatic heterocycles. The predicted octanol–water partition coefficient (Wildman–Crippen LogP) is 7.23. The van der Waals surface area contributed by atoms with Crippen LogP contribution < -0.4 is 4.74 Å². The van der Waals surface area contributed by atoms with Gasteiger partial charge in [-0.05, 0) is 67.7 Å². The fourth-order valence-corrected chi connectivity index (χ4v) is 11.0. The van der Waals surface area contributed by atoms with Gasteiger partial charge in [-0.1, -0.05) is 65.8 Å². The summed E-state index contributed by atoms with van der Waals surface area (Å²) in [7, 11) is -2.71. The Morgan fingerprint density at radius 3 is 1.87 bits per heavy atom. The maximum Gasteiger partial charge on any atom is 0.192 e. The van der Waals surface area contributed by atoms with Crippen LogP contribution in [-0.4, -0.2) is 121 Å². The van der Waals surface area contributed by atoms with Crippen molar-refractivity contribution in [3.63, 3.8) is 0 Å². The summed E-state index contributed by atoms with van der Waals surface area (Å²) in [6.45, 7) is 23.5. The van der Waals surface area contributed by atoms with Gasteiger partial charge >= 0.3 is 0 Å². The molecule has 14 atom stereocenters. The van der Waals surface area contributed by atoms with Gasteiger partial charge in [0.1, 0.15) is 42.4 Å². The van der Waals surface area contributed by atoms with Gasteiger partial charge in [0, 0.05) is 18.4 Å². The summed E-state index contributed by atoms with van der Waals surface area (Å²) in [5.74, 6) is 0.797. The number of hydrogen-bond acceptors (Lipinski definition) is 11. The van der Waals surface area contributed by atoms with Gasteiger partial charge in [0.15, 0.2) is 22.9 Å². The Bertz CT molecular complexity index is 1470. The van der Waals surface area contributed by atoms with E-state index in [4.69, 9.17) is 46.7 Å². The first kappa shape index (κ1) is 41.9. The van der Waals surface area contributed by atoms with Crippen LogP contribution in [0.25, 0.3) is 0 Å². The molecule has 0 saturated carbocycles. The molecule has 6 heterocycles. The van der Waals surface area contributed by atoms with Gasteiger partial charge in [0.2, 0.25) is 0 Å². The lowest BCUT2D eigenvalue weighted by Crippen LogP contribution is -2.64. The molecule has 5 saturated heterocycles. The topological polar surface area (TPSA) is 113 Å². The SMILES string of the molecule is COc1ccc([C@@H]2OC[C@H]3O[C@H]4C=C[C@H]5O[C@H]6[C@H](O)[C@H]7OC[C@@H](O[Si](C)(C)C(C)(C)C)[C@@H](O[Si](C)(C)C(C)(C)C)C[C@@H]7O[C@@H]6C[C@@H]5O[C@@H]4CCC[C@@H]3O2)cc1. The molecule has 6 aliphatic rings. The Morgan fingerprint density at radius 1 is 0.618 bits per heavy atom. The van der Waals surface area contributed by atoms with Crippen LogP contribution in [-0.2, 0) is 42.0 Å². The Labute approximate surface area is 331 Å².